The Morgan fingerprint density at radius 1 is 1.03 bits per heavy atom. The largest absolute Gasteiger partial charge is 0.449 e. The first kappa shape index (κ1) is 20.6. The maximum absolute atomic E-state index is 12.7. The van der Waals surface area contributed by atoms with Crippen molar-refractivity contribution in [1.82, 2.24) is 4.31 Å². The molecule has 0 saturated heterocycles. The lowest BCUT2D eigenvalue weighted by molar-refractivity contribution is 0.0977. The molecule has 0 radical (unpaired) electrons. The highest BCUT2D eigenvalue weighted by Gasteiger charge is 2.23. The molecule has 0 unspecified atom stereocenters. The van der Waals surface area contributed by atoms with Crippen LogP contribution < -0.4 is 11.1 Å². The number of carbonyl (C=O) groups excluding carboxylic acids is 2. The molecule has 1 heterocycles. The van der Waals surface area contributed by atoms with E-state index in [1.165, 1.54) is 28.6 Å². The van der Waals surface area contributed by atoms with E-state index < -0.39 is 21.8 Å². The molecule has 0 bridgehead atoms. The van der Waals surface area contributed by atoms with Crippen molar-refractivity contribution in [3.8, 4) is 0 Å². The molecular weight excluding hydrogens is 394 g/mol. The number of nitrogens with zero attached hydrogens (tertiary/aromatic N) is 1. The van der Waals surface area contributed by atoms with Crippen molar-refractivity contribution in [3.63, 3.8) is 0 Å². The molecule has 0 atom stereocenters. The first-order valence-corrected chi connectivity index (χ1v) is 10.5. The van der Waals surface area contributed by atoms with Gasteiger partial charge in [0, 0.05) is 24.0 Å². The van der Waals surface area contributed by atoms with E-state index in [1.807, 2.05) is 0 Å². The Hall–Kier alpha value is -3.17. The van der Waals surface area contributed by atoms with Crippen LogP contribution in [-0.4, -0.2) is 37.6 Å². The number of nitrogens with two attached hydrogens (primary N) is 1. The Kier molecular flexibility index (Phi) is 5.71. The summed E-state index contributed by atoms with van der Waals surface area (Å²) in [5.41, 5.74) is 6.18. The number of carbonyl (C=O) groups is 2. The maximum atomic E-state index is 12.7. The van der Waals surface area contributed by atoms with Crippen molar-refractivity contribution < 1.29 is 22.4 Å². The van der Waals surface area contributed by atoms with Crippen LogP contribution in [0.1, 0.15) is 34.8 Å². The third kappa shape index (κ3) is 3.87. The maximum Gasteiger partial charge on any atom is 0.286 e. The zero-order valence-corrected chi connectivity index (χ0v) is 16.8. The topological polar surface area (TPSA) is 123 Å². The van der Waals surface area contributed by atoms with E-state index in [1.54, 1.807) is 38.1 Å². The van der Waals surface area contributed by atoms with Gasteiger partial charge in [0.15, 0.2) is 0 Å². The number of fused-ring (bicyclic) bond motifs is 1. The van der Waals surface area contributed by atoms with E-state index in [0.717, 1.165) is 0 Å². The van der Waals surface area contributed by atoms with Gasteiger partial charge in [0.1, 0.15) is 11.3 Å². The Labute approximate surface area is 168 Å². The fourth-order valence-corrected chi connectivity index (χ4v) is 4.48. The zero-order chi connectivity index (χ0) is 21.2. The summed E-state index contributed by atoms with van der Waals surface area (Å²) in [6.45, 7) is 4.22. The molecule has 152 valence electrons. The predicted octanol–water partition coefficient (Wildman–Crippen LogP) is 2.81. The summed E-state index contributed by atoms with van der Waals surface area (Å²) in [5.74, 6) is -1.48. The molecule has 0 spiro atoms. The summed E-state index contributed by atoms with van der Waals surface area (Å²) >= 11 is 0. The standard InChI is InChI=1S/C20H21N3O5S/c1-3-23(4-2)29(26,27)14-11-9-13(10-12-14)20(25)22-17-15-7-5-6-8-16(15)28-18(17)19(21)24/h5-12H,3-4H2,1-2H3,(H2,21,24)(H,22,25). The van der Waals surface area contributed by atoms with Gasteiger partial charge in [-0.3, -0.25) is 9.59 Å². The molecule has 0 fully saturated rings. The van der Waals surface area contributed by atoms with Gasteiger partial charge in [-0.05, 0) is 36.4 Å². The van der Waals surface area contributed by atoms with Gasteiger partial charge in [0.2, 0.25) is 15.8 Å². The molecule has 8 nitrogen and oxygen atoms in total. The van der Waals surface area contributed by atoms with E-state index >= 15 is 0 Å². The van der Waals surface area contributed by atoms with E-state index in [2.05, 4.69) is 5.32 Å². The second kappa shape index (κ2) is 8.06. The number of para-hydroxylation sites is 1. The molecule has 0 aliphatic heterocycles. The monoisotopic (exact) mass is 415 g/mol. The Bertz CT molecular complexity index is 1160. The number of furan rings is 1. The fourth-order valence-electron chi connectivity index (χ4n) is 3.02. The van der Waals surface area contributed by atoms with E-state index in [4.69, 9.17) is 10.2 Å². The summed E-state index contributed by atoms with van der Waals surface area (Å²) in [6.07, 6.45) is 0. The zero-order valence-electron chi connectivity index (χ0n) is 16.0. The second-order valence-corrected chi connectivity index (χ2v) is 8.17. The van der Waals surface area contributed by atoms with Gasteiger partial charge in [0.25, 0.3) is 11.8 Å². The smallest absolute Gasteiger partial charge is 0.286 e. The van der Waals surface area contributed by atoms with Gasteiger partial charge >= 0.3 is 0 Å². The molecule has 1 aromatic heterocycles. The van der Waals surface area contributed by atoms with Crippen LogP contribution in [0.5, 0.6) is 0 Å². The van der Waals surface area contributed by atoms with E-state index in [9.17, 15) is 18.0 Å². The fraction of sp³-hybridized carbons (Fsp3) is 0.200. The van der Waals surface area contributed by atoms with Crippen molar-refractivity contribution in [3.05, 3.63) is 59.9 Å². The molecular formula is C20H21N3O5S. The highest BCUT2D eigenvalue weighted by atomic mass is 32.2. The molecule has 3 rings (SSSR count). The van der Waals surface area contributed by atoms with E-state index in [0.29, 0.717) is 24.1 Å². The summed E-state index contributed by atoms with van der Waals surface area (Å²) in [6, 6.07) is 12.4. The number of primary amides is 1. The van der Waals surface area contributed by atoms with Crippen LogP contribution in [0.2, 0.25) is 0 Å². The van der Waals surface area contributed by atoms with Crippen molar-refractivity contribution in [1.29, 1.82) is 0 Å². The number of hydrogen-bond donors (Lipinski definition) is 2. The van der Waals surface area contributed by atoms with Gasteiger partial charge in [-0.15, -0.1) is 0 Å². The van der Waals surface area contributed by atoms with Crippen LogP contribution in [-0.2, 0) is 10.0 Å². The average Bonchev–Trinajstić information content (AvgIpc) is 3.07. The molecule has 9 heteroatoms. The number of nitrogens with one attached hydrogen (secondary N) is 1. The highest BCUT2D eigenvalue weighted by molar-refractivity contribution is 7.89. The normalized spacial score (nSPS) is 11.7. The predicted molar refractivity (Wildman–Crippen MR) is 109 cm³/mol. The number of amides is 2. The average molecular weight is 415 g/mol. The molecule has 0 saturated carbocycles. The summed E-state index contributed by atoms with van der Waals surface area (Å²) in [4.78, 5) is 24.5. The molecule has 3 aromatic rings. The minimum atomic E-state index is -3.61. The lowest BCUT2D eigenvalue weighted by Crippen LogP contribution is -2.30. The lowest BCUT2D eigenvalue weighted by Gasteiger charge is -2.18. The van der Waals surface area contributed by atoms with Gasteiger partial charge in [-0.25, -0.2) is 8.42 Å². The van der Waals surface area contributed by atoms with Crippen LogP contribution in [0.25, 0.3) is 11.0 Å². The van der Waals surface area contributed by atoms with Gasteiger partial charge in [-0.2, -0.15) is 4.31 Å². The van der Waals surface area contributed by atoms with Gasteiger partial charge < -0.3 is 15.5 Å². The number of sulfonamides is 1. The van der Waals surface area contributed by atoms with Crippen LogP contribution >= 0.6 is 0 Å². The summed E-state index contributed by atoms with van der Waals surface area (Å²) in [5, 5.41) is 3.18. The van der Waals surface area contributed by atoms with Gasteiger partial charge in [0.05, 0.1) is 4.90 Å². The third-order valence-electron chi connectivity index (χ3n) is 4.52. The minimum absolute atomic E-state index is 0.101. The van der Waals surface area contributed by atoms with Crippen LogP contribution in [0.15, 0.2) is 57.8 Å². The first-order chi connectivity index (χ1) is 13.8. The molecule has 3 N–H and O–H groups in total. The van der Waals surface area contributed by atoms with Crippen molar-refractivity contribution in [2.45, 2.75) is 18.7 Å². The number of anilines is 1. The molecule has 2 aromatic carbocycles. The minimum Gasteiger partial charge on any atom is -0.449 e. The lowest BCUT2D eigenvalue weighted by atomic mass is 10.2. The molecule has 2 amide bonds. The molecule has 0 aliphatic carbocycles. The number of benzene rings is 2. The van der Waals surface area contributed by atoms with Crippen LogP contribution in [0.4, 0.5) is 5.69 Å². The van der Waals surface area contributed by atoms with Crippen molar-refractivity contribution in [2.75, 3.05) is 18.4 Å². The van der Waals surface area contributed by atoms with E-state index in [-0.39, 0.29) is 21.9 Å². The highest BCUT2D eigenvalue weighted by Crippen LogP contribution is 2.31. The van der Waals surface area contributed by atoms with Gasteiger partial charge in [-0.1, -0.05) is 26.0 Å². The number of rotatable bonds is 7. The molecule has 0 aliphatic rings. The first-order valence-electron chi connectivity index (χ1n) is 9.02. The molecule has 29 heavy (non-hydrogen) atoms. The Balaban J connectivity index is 1.90. The van der Waals surface area contributed by atoms with Crippen molar-refractivity contribution >= 4 is 38.5 Å². The third-order valence-corrected chi connectivity index (χ3v) is 6.58. The van der Waals surface area contributed by atoms with Crippen LogP contribution in [0.3, 0.4) is 0 Å². The Morgan fingerprint density at radius 2 is 1.66 bits per heavy atom. The van der Waals surface area contributed by atoms with Crippen molar-refractivity contribution in [2.24, 2.45) is 5.73 Å². The van der Waals surface area contributed by atoms with Crippen LogP contribution in [0, 0.1) is 0 Å². The Morgan fingerprint density at radius 3 is 2.24 bits per heavy atom. The quantitative estimate of drug-likeness (QED) is 0.614. The summed E-state index contributed by atoms with van der Waals surface area (Å²) in [7, 11) is -3.61. The second-order valence-electron chi connectivity index (χ2n) is 6.23. The summed E-state index contributed by atoms with van der Waals surface area (Å²) < 4.78 is 31.9. The number of hydrogen-bond acceptors (Lipinski definition) is 5. The SMILES string of the molecule is CCN(CC)S(=O)(=O)c1ccc(C(=O)Nc2c(C(N)=O)oc3ccccc23)cc1.